The third kappa shape index (κ3) is 4.44. The summed E-state index contributed by atoms with van der Waals surface area (Å²) in [5.74, 6) is 1.38. The van der Waals surface area contributed by atoms with Gasteiger partial charge in [-0.2, -0.15) is 0 Å². The first-order valence-electron chi connectivity index (χ1n) is 6.74. The van der Waals surface area contributed by atoms with Crippen molar-refractivity contribution in [2.45, 2.75) is 12.6 Å². The fraction of sp³-hybridized carbons (Fsp3) is 0.312. The minimum Gasteiger partial charge on any atom is -0.497 e. The molecular weight excluding hydrogens is 268 g/mol. The summed E-state index contributed by atoms with van der Waals surface area (Å²) in [7, 11) is 3.21. The second-order valence-corrected chi connectivity index (χ2v) is 4.63. The van der Waals surface area contributed by atoms with Crippen molar-refractivity contribution in [2.24, 2.45) is 0 Å². The van der Waals surface area contributed by atoms with Gasteiger partial charge in [-0.15, -0.1) is 0 Å². The zero-order chi connectivity index (χ0) is 15.1. The van der Waals surface area contributed by atoms with Crippen molar-refractivity contribution in [2.75, 3.05) is 20.8 Å². The summed E-state index contributed by atoms with van der Waals surface area (Å²) in [5, 5.41) is 13.3. The molecule has 1 heterocycles. The molecule has 0 aliphatic heterocycles. The number of nitrogens with one attached hydrogen (secondary N) is 1. The highest BCUT2D eigenvalue weighted by atomic mass is 16.5. The van der Waals surface area contributed by atoms with Crippen molar-refractivity contribution in [1.82, 2.24) is 10.3 Å². The van der Waals surface area contributed by atoms with Gasteiger partial charge in [0.25, 0.3) is 0 Å². The second-order valence-electron chi connectivity index (χ2n) is 4.63. The molecule has 0 spiro atoms. The van der Waals surface area contributed by atoms with Crippen LogP contribution in [0.1, 0.15) is 17.2 Å². The molecule has 1 aromatic heterocycles. The van der Waals surface area contributed by atoms with E-state index in [1.54, 1.807) is 20.4 Å². The zero-order valence-electron chi connectivity index (χ0n) is 12.2. The minimum atomic E-state index is -0.554. The van der Waals surface area contributed by atoms with E-state index in [-0.39, 0.29) is 0 Å². The quantitative estimate of drug-likeness (QED) is 0.815. The molecule has 5 heteroatoms. The number of benzene rings is 1. The molecule has 0 amide bonds. The highest BCUT2D eigenvalue weighted by Gasteiger charge is 2.07. The Morgan fingerprint density at radius 1 is 1.10 bits per heavy atom. The maximum absolute atomic E-state index is 10.1. The van der Waals surface area contributed by atoms with Crippen LogP contribution in [0.2, 0.25) is 0 Å². The minimum absolute atomic E-state index is 0.471. The molecule has 1 unspecified atom stereocenters. The van der Waals surface area contributed by atoms with Gasteiger partial charge >= 0.3 is 0 Å². The summed E-state index contributed by atoms with van der Waals surface area (Å²) < 4.78 is 10.1. The highest BCUT2D eigenvalue weighted by molar-refractivity contribution is 5.28. The van der Waals surface area contributed by atoms with Crippen LogP contribution in [0.4, 0.5) is 0 Å². The van der Waals surface area contributed by atoms with Gasteiger partial charge in [-0.25, -0.2) is 4.98 Å². The molecule has 1 atom stereocenters. The Balaban J connectivity index is 1.81. The van der Waals surface area contributed by atoms with Gasteiger partial charge in [-0.3, -0.25) is 0 Å². The zero-order valence-corrected chi connectivity index (χ0v) is 12.2. The molecule has 1 aromatic carbocycles. The first-order valence-corrected chi connectivity index (χ1v) is 6.74. The van der Waals surface area contributed by atoms with Gasteiger partial charge in [0, 0.05) is 25.4 Å². The molecule has 0 saturated carbocycles. The standard InChI is InChI=1S/C16H20N2O3/c1-20-14-6-4-13(5-7-14)15(19)11-17-9-12-3-8-16(21-2)18-10-12/h3-8,10,15,17,19H,9,11H2,1-2H3. The van der Waals surface area contributed by atoms with Gasteiger partial charge < -0.3 is 19.9 Å². The van der Waals surface area contributed by atoms with Gasteiger partial charge in [-0.1, -0.05) is 18.2 Å². The molecule has 0 saturated heterocycles. The summed E-state index contributed by atoms with van der Waals surface area (Å²) >= 11 is 0. The molecule has 112 valence electrons. The van der Waals surface area contributed by atoms with Gasteiger partial charge in [0.1, 0.15) is 5.75 Å². The monoisotopic (exact) mass is 288 g/mol. The average molecular weight is 288 g/mol. The van der Waals surface area contributed by atoms with Gasteiger partial charge in [0.2, 0.25) is 5.88 Å². The molecule has 0 fully saturated rings. The van der Waals surface area contributed by atoms with E-state index in [1.807, 2.05) is 36.4 Å². The van der Waals surface area contributed by atoms with Crippen LogP contribution >= 0.6 is 0 Å². The maximum Gasteiger partial charge on any atom is 0.212 e. The predicted octanol–water partition coefficient (Wildman–Crippen LogP) is 1.92. The van der Waals surface area contributed by atoms with Gasteiger partial charge in [0.05, 0.1) is 20.3 Å². The van der Waals surface area contributed by atoms with E-state index in [0.29, 0.717) is 19.0 Å². The van der Waals surface area contributed by atoms with E-state index in [4.69, 9.17) is 9.47 Å². The molecule has 21 heavy (non-hydrogen) atoms. The average Bonchev–Trinajstić information content (AvgIpc) is 2.55. The summed E-state index contributed by atoms with van der Waals surface area (Å²) in [4.78, 5) is 4.13. The number of hydrogen-bond acceptors (Lipinski definition) is 5. The number of aromatic nitrogens is 1. The normalized spacial score (nSPS) is 12.0. The van der Waals surface area contributed by atoms with Crippen molar-refractivity contribution in [3.63, 3.8) is 0 Å². The number of aliphatic hydroxyl groups excluding tert-OH is 1. The van der Waals surface area contributed by atoms with Crippen LogP contribution in [0.25, 0.3) is 0 Å². The number of methoxy groups -OCH3 is 2. The van der Waals surface area contributed by atoms with Crippen LogP contribution in [-0.4, -0.2) is 30.9 Å². The molecule has 5 nitrogen and oxygen atoms in total. The SMILES string of the molecule is COc1ccc(C(O)CNCc2ccc(OC)nc2)cc1. The molecule has 2 rings (SSSR count). The number of hydrogen-bond donors (Lipinski definition) is 2. The molecule has 0 bridgehead atoms. The Morgan fingerprint density at radius 3 is 2.43 bits per heavy atom. The van der Waals surface area contributed by atoms with E-state index in [1.165, 1.54) is 0 Å². The Morgan fingerprint density at radius 2 is 1.86 bits per heavy atom. The van der Waals surface area contributed by atoms with Crippen molar-refractivity contribution >= 4 is 0 Å². The lowest BCUT2D eigenvalue weighted by Crippen LogP contribution is -2.21. The van der Waals surface area contributed by atoms with Gasteiger partial charge in [-0.05, 0) is 23.3 Å². The highest BCUT2D eigenvalue weighted by Crippen LogP contribution is 2.17. The lowest BCUT2D eigenvalue weighted by atomic mass is 10.1. The molecule has 2 aromatic rings. The van der Waals surface area contributed by atoms with E-state index >= 15 is 0 Å². The van der Waals surface area contributed by atoms with Gasteiger partial charge in [0.15, 0.2) is 0 Å². The first-order chi connectivity index (χ1) is 10.2. The Bertz CT molecular complexity index is 540. The van der Waals surface area contributed by atoms with Crippen LogP contribution in [0.3, 0.4) is 0 Å². The Labute approximate surface area is 124 Å². The van der Waals surface area contributed by atoms with Crippen molar-refractivity contribution < 1.29 is 14.6 Å². The summed E-state index contributed by atoms with van der Waals surface area (Å²) in [6.07, 6.45) is 1.20. The Kier molecular flexibility index (Phi) is 5.54. The maximum atomic E-state index is 10.1. The third-order valence-electron chi connectivity index (χ3n) is 3.17. The number of ether oxygens (including phenoxy) is 2. The van der Waals surface area contributed by atoms with Crippen molar-refractivity contribution in [3.8, 4) is 11.6 Å². The lowest BCUT2D eigenvalue weighted by molar-refractivity contribution is 0.174. The van der Waals surface area contributed by atoms with E-state index in [9.17, 15) is 5.11 Å². The molecule has 2 N–H and O–H groups in total. The lowest BCUT2D eigenvalue weighted by Gasteiger charge is -2.13. The fourth-order valence-corrected chi connectivity index (χ4v) is 1.93. The fourth-order valence-electron chi connectivity index (χ4n) is 1.93. The smallest absolute Gasteiger partial charge is 0.212 e. The summed E-state index contributed by atoms with van der Waals surface area (Å²) in [6, 6.07) is 11.2. The summed E-state index contributed by atoms with van der Waals surface area (Å²) in [6.45, 7) is 1.11. The Hall–Kier alpha value is -2.11. The number of nitrogens with zero attached hydrogens (tertiary/aromatic N) is 1. The van der Waals surface area contributed by atoms with Crippen LogP contribution in [0, 0.1) is 0 Å². The van der Waals surface area contributed by atoms with Crippen LogP contribution in [0.15, 0.2) is 42.6 Å². The topological polar surface area (TPSA) is 63.6 Å². The number of rotatable bonds is 7. The van der Waals surface area contributed by atoms with Crippen LogP contribution in [0.5, 0.6) is 11.6 Å². The molecule has 0 aliphatic rings. The van der Waals surface area contributed by atoms with Crippen LogP contribution < -0.4 is 14.8 Å². The van der Waals surface area contributed by atoms with E-state index < -0.39 is 6.10 Å². The van der Waals surface area contributed by atoms with Crippen LogP contribution in [-0.2, 0) is 6.54 Å². The second kappa shape index (κ2) is 7.61. The number of aliphatic hydroxyl groups is 1. The number of pyridine rings is 1. The largest absolute Gasteiger partial charge is 0.497 e. The van der Waals surface area contributed by atoms with Crippen molar-refractivity contribution in [1.29, 1.82) is 0 Å². The molecular formula is C16H20N2O3. The predicted molar refractivity (Wildman–Crippen MR) is 80.4 cm³/mol. The van der Waals surface area contributed by atoms with E-state index in [2.05, 4.69) is 10.3 Å². The third-order valence-corrected chi connectivity index (χ3v) is 3.17. The molecule has 0 aliphatic carbocycles. The molecule has 0 radical (unpaired) electrons. The van der Waals surface area contributed by atoms with Crippen molar-refractivity contribution in [3.05, 3.63) is 53.7 Å². The first kappa shape index (κ1) is 15.3. The summed E-state index contributed by atoms with van der Waals surface area (Å²) in [5.41, 5.74) is 1.90. The van der Waals surface area contributed by atoms with E-state index in [0.717, 1.165) is 16.9 Å².